The van der Waals surface area contributed by atoms with E-state index < -0.39 is 11.4 Å². The standard InChI is InChI=1S/C27H38O5/c1-7-30-18-8-10-25(5)20-9-11-26(6)22(19(20)12-17(15-28)21(25)13-18)14-23-27(26,16(2)29)32-24(3,4)31-23/h13,15,19-20,22-23H,7-12,14H2,1-6H3/t19-,20+,22+,23-,25-,26+,27+/m1/s1. The molecule has 1 saturated heterocycles. The van der Waals surface area contributed by atoms with E-state index in [1.807, 2.05) is 20.8 Å². The molecule has 5 nitrogen and oxygen atoms in total. The van der Waals surface area contributed by atoms with Gasteiger partial charge in [0.2, 0.25) is 0 Å². The molecule has 0 N–H and O–H groups in total. The molecule has 0 aromatic carbocycles. The monoisotopic (exact) mass is 442 g/mol. The largest absolute Gasteiger partial charge is 0.498 e. The van der Waals surface area contributed by atoms with Crippen LogP contribution >= 0.6 is 0 Å². The third kappa shape index (κ3) is 2.70. The Kier molecular flexibility index (Phi) is 4.90. The maximum atomic E-state index is 13.2. The first-order valence-corrected chi connectivity index (χ1v) is 12.4. The van der Waals surface area contributed by atoms with E-state index >= 15 is 0 Å². The lowest BCUT2D eigenvalue weighted by Crippen LogP contribution is -2.59. The van der Waals surface area contributed by atoms with Crippen molar-refractivity contribution in [2.75, 3.05) is 6.61 Å². The van der Waals surface area contributed by atoms with Crippen molar-refractivity contribution in [2.45, 2.75) is 97.6 Å². The zero-order valence-electron chi connectivity index (χ0n) is 20.5. The fourth-order valence-corrected chi connectivity index (χ4v) is 8.65. The van der Waals surface area contributed by atoms with E-state index in [2.05, 4.69) is 19.9 Å². The van der Waals surface area contributed by atoms with Gasteiger partial charge < -0.3 is 14.2 Å². The summed E-state index contributed by atoms with van der Waals surface area (Å²) in [5, 5.41) is 0. The SMILES string of the molecule is CCOC1=CC2=C(C=O)C[C@@H]3[C@H](CC[C@@]4(C)[C@H]3C[C@H]3OC(C)(C)O[C@@]34C(C)=O)[C@@]2(C)CC1. The van der Waals surface area contributed by atoms with Crippen molar-refractivity contribution in [1.82, 2.24) is 0 Å². The van der Waals surface area contributed by atoms with Crippen LogP contribution in [0, 0.1) is 28.6 Å². The van der Waals surface area contributed by atoms with Crippen LogP contribution in [-0.4, -0.2) is 36.2 Å². The minimum Gasteiger partial charge on any atom is -0.498 e. The lowest BCUT2D eigenvalue weighted by atomic mass is 9.46. The molecule has 5 aliphatic rings. The molecular weight excluding hydrogens is 404 g/mol. The molecule has 1 heterocycles. The Morgan fingerprint density at radius 2 is 1.97 bits per heavy atom. The van der Waals surface area contributed by atoms with Crippen LogP contribution in [0.2, 0.25) is 0 Å². The van der Waals surface area contributed by atoms with Crippen LogP contribution in [-0.2, 0) is 23.8 Å². The zero-order chi connectivity index (χ0) is 23.1. The lowest BCUT2D eigenvalue weighted by Gasteiger charge is -2.58. The maximum Gasteiger partial charge on any atom is 0.164 e. The Labute approximate surface area is 191 Å². The molecule has 176 valence electrons. The van der Waals surface area contributed by atoms with Gasteiger partial charge in [-0.25, -0.2) is 0 Å². The molecule has 0 bridgehead atoms. The van der Waals surface area contributed by atoms with E-state index in [1.165, 1.54) is 5.57 Å². The molecular formula is C27H38O5. The van der Waals surface area contributed by atoms with Crippen LogP contribution in [0.15, 0.2) is 23.0 Å². The molecule has 7 atom stereocenters. The number of hydrogen-bond donors (Lipinski definition) is 0. The topological polar surface area (TPSA) is 61.8 Å². The highest BCUT2D eigenvalue weighted by atomic mass is 16.8. The molecule has 5 heteroatoms. The van der Waals surface area contributed by atoms with Crippen molar-refractivity contribution in [3.63, 3.8) is 0 Å². The molecule has 3 fully saturated rings. The Morgan fingerprint density at radius 3 is 2.62 bits per heavy atom. The third-order valence-corrected chi connectivity index (χ3v) is 9.86. The van der Waals surface area contributed by atoms with Gasteiger partial charge in [0.15, 0.2) is 17.2 Å². The zero-order valence-corrected chi connectivity index (χ0v) is 20.5. The van der Waals surface area contributed by atoms with Crippen LogP contribution in [0.1, 0.15) is 80.1 Å². The second-order valence-electron chi connectivity index (χ2n) is 11.7. The van der Waals surface area contributed by atoms with Gasteiger partial charge in [0.05, 0.1) is 18.5 Å². The number of carbonyl (C=O) groups is 2. The normalized spacial score (nSPS) is 46.5. The van der Waals surface area contributed by atoms with Crippen LogP contribution in [0.5, 0.6) is 0 Å². The average molecular weight is 443 g/mol. The number of ether oxygens (including phenoxy) is 3. The van der Waals surface area contributed by atoms with Crippen LogP contribution in [0.4, 0.5) is 0 Å². The molecule has 32 heavy (non-hydrogen) atoms. The van der Waals surface area contributed by atoms with Crippen molar-refractivity contribution < 1.29 is 23.8 Å². The predicted molar refractivity (Wildman–Crippen MR) is 121 cm³/mol. The maximum absolute atomic E-state index is 13.2. The Balaban J connectivity index is 1.57. The second-order valence-corrected chi connectivity index (χ2v) is 11.7. The number of ketones is 1. The first-order valence-electron chi connectivity index (χ1n) is 12.4. The van der Waals surface area contributed by atoms with E-state index in [0.717, 1.165) is 56.1 Å². The van der Waals surface area contributed by atoms with Crippen molar-refractivity contribution in [1.29, 1.82) is 0 Å². The van der Waals surface area contributed by atoms with E-state index in [9.17, 15) is 9.59 Å². The highest BCUT2D eigenvalue weighted by Crippen LogP contribution is 2.70. The number of Topliss-reactive ketones (excluding diaryl/α,β-unsaturated/α-hetero) is 1. The third-order valence-electron chi connectivity index (χ3n) is 9.86. The first-order chi connectivity index (χ1) is 15.0. The lowest BCUT2D eigenvalue weighted by molar-refractivity contribution is -0.213. The highest BCUT2D eigenvalue weighted by molar-refractivity contribution is 5.88. The first kappa shape index (κ1) is 22.3. The Hall–Kier alpha value is -1.46. The molecule has 0 aromatic heterocycles. The molecule has 0 spiro atoms. The minimum absolute atomic E-state index is 0.0246. The van der Waals surface area contributed by atoms with Gasteiger partial charge in [-0.1, -0.05) is 13.8 Å². The van der Waals surface area contributed by atoms with Crippen LogP contribution in [0.25, 0.3) is 0 Å². The summed E-state index contributed by atoms with van der Waals surface area (Å²) in [6, 6.07) is 0. The van der Waals surface area contributed by atoms with E-state index in [0.29, 0.717) is 24.4 Å². The summed E-state index contributed by atoms with van der Waals surface area (Å²) >= 11 is 0. The summed E-state index contributed by atoms with van der Waals surface area (Å²) in [5.74, 6) is 1.51. The fraction of sp³-hybridized carbons (Fsp3) is 0.778. The summed E-state index contributed by atoms with van der Waals surface area (Å²) in [6.07, 6.45) is 8.57. The number of rotatable bonds is 4. The van der Waals surface area contributed by atoms with Gasteiger partial charge in [0.1, 0.15) is 6.29 Å². The molecule has 0 aromatic rings. The second kappa shape index (κ2) is 7.02. The molecule has 0 unspecified atom stereocenters. The van der Waals surface area contributed by atoms with Gasteiger partial charge in [0, 0.05) is 11.8 Å². The Bertz CT molecular complexity index is 915. The van der Waals surface area contributed by atoms with Gasteiger partial charge in [-0.15, -0.1) is 0 Å². The average Bonchev–Trinajstić information content (AvgIpc) is 3.14. The highest BCUT2D eigenvalue weighted by Gasteiger charge is 2.75. The number of hydrogen-bond acceptors (Lipinski definition) is 5. The van der Waals surface area contributed by atoms with Crippen LogP contribution < -0.4 is 0 Å². The van der Waals surface area contributed by atoms with Crippen LogP contribution in [0.3, 0.4) is 0 Å². The smallest absolute Gasteiger partial charge is 0.164 e. The molecule has 1 aliphatic heterocycles. The summed E-state index contributed by atoms with van der Waals surface area (Å²) in [7, 11) is 0. The summed E-state index contributed by atoms with van der Waals surface area (Å²) in [4.78, 5) is 25.5. The van der Waals surface area contributed by atoms with Crippen molar-refractivity contribution in [3.05, 3.63) is 23.0 Å². The van der Waals surface area contributed by atoms with E-state index in [4.69, 9.17) is 14.2 Å². The molecule has 2 saturated carbocycles. The number of aldehydes is 1. The summed E-state index contributed by atoms with van der Waals surface area (Å²) in [6.45, 7) is 12.8. The Morgan fingerprint density at radius 1 is 1.22 bits per heavy atom. The van der Waals surface area contributed by atoms with E-state index in [1.54, 1.807) is 6.92 Å². The van der Waals surface area contributed by atoms with Gasteiger partial charge in [-0.2, -0.15) is 0 Å². The summed E-state index contributed by atoms with van der Waals surface area (Å²) < 4.78 is 18.7. The van der Waals surface area contributed by atoms with Crippen molar-refractivity contribution >= 4 is 12.1 Å². The minimum atomic E-state index is -0.882. The van der Waals surface area contributed by atoms with Gasteiger partial charge >= 0.3 is 0 Å². The molecule has 5 rings (SSSR count). The fourth-order valence-electron chi connectivity index (χ4n) is 8.65. The number of carbonyl (C=O) groups excluding carboxylic acids is 2. The van der Waals surface area contributed by atoms with E-state index in [-0.39, 0.29) is 22.7 Å². The quantitative estimate of drug-likeness (QED) is 0.564. The molecule has 0 radical (unpaired) electrons. The van der Waals surface area contributed by atoms with Crippen molar-refractivity contribution in [2.24, 2.45) is 28.6 Å². The number of allylic oxidation sites excluding steroid dienone is 4. The molecule has 4 aliphatic carbocycles. The predicted octanol–water partition coefficient (Wildman–Crippen LogP) is 5.14. The van der Waals surface area contributed by atoms with Gasteiger partial charge in [0.25, 0.3) is 0 Å². The summed E-state index contributed by atoms with van der Waals surface area (Å²) in [5.41, 5.74) is 0.934. The van der Waals surface area contributed by atoms with Gasteiger partial charge in [-0.05, 0) is 100 Å². The van der Waals surface area contributed by atoms with Gasteiger partial charge in [-0.3, -0.25) is 9.59 Å². The molecule has 0 amide bonds. The van der Waals surface area contributed by atoms with Crippen molar-refractivity contribution in [3.8, 4) is 0 Å². The number of fused-ring (bicyclic) bond motifs is 7.